The quantitative estimate of drug-likeness (QED) is 0.683. The van der Waals surface area contributed by atoms with Crippen molar-refractivity contribution in [3.8, 4) is 5.75 Å². The zero-order valence-electron chi connectivity index (χ0n) is 14.8. The Hall–Kier alpha value is -1.91. The Morgan fingerprint density at radius 1 is 0.800 bits per heavy atom. The topological polar surface area (TPSA) is 18.1 Å². The van der Waals surface area contributed by atoms with Crippen LogP contribution in [0.5, 0.6) is 5.75 Å². The highest BCUT2D eigenvalue weighted by Gasteiger charge is 2.22. The van der Waals surface area contributed by atoms with Crippen LogP contribution < -0.4 is 14.5 Å². The van der Waals surface area contributed by atoms with Gasteiger partial charge in [0.15, 0.2) is 11.6 Å². The Balaban J connectivity index is 1.27. The van der Waals surface area contributed by atoms with E-state index in [-0.39, 0.29) is 5.82 Å². The molecular weight excluding hydrogens is 315 g/mol. The van der Waals surface area contributed by atoms with Crippen LogP contribution in [-0.2, 0) is 6.54 Å². The Kier molecular flexibility index (Phi) is 6.83. The summed E-state index contributed by atoms with van der Waals surface area (Å²) in [6.07, 6.45) is 2.12. The van der Waals surface area contributed by atoms with Crippen LogP contribution >= 0.6 is 0 Å². The summed E-state index contributed by atoms with van der Waals surface area (Å²) in [5.74, 6) is 0.0959. The molecule has 2 aromatic carbocycles. The molecule has 2 aromatic rings. The van der Waals surface area contributed by atoms with E-state index in [9.17, 15) is 4.39 Å². The monoisotopic (exact) mass is 344 g/mol. The van der Waals surface area contributed by atoms with Crippen LogP contribution in [0.25, 0.3) is 0 Å². The first kappa shape index (κ1) is 17.9. The highest BCUT2D eigenvalue weighted by molar-refractivity contribution is 5.23. The van der Waals surface area contributed by atoms with Crippen molar-refractivity contribution >= 4 is 0 Å². The molecule has 0 saturated carbocycles. The minimum Gasteiger partial charge on any atom is -0.491 e. The molecular formula is C21H29FN2O+2. The molecule has 1 fully saturated rings. The fourth-order valence-corrected chi connectivity index (χ4v) is 3.49. The number of hydrogen-bond acceptors (Lipinski definition) is 1. The van der Waals surface area contributed by atoms with Gasteiger partial charge in [0.2, 0.25) is 0 Å². The van der Waals surface area contributed by atoms with E-state index in [1.54, 1.807) is 28.0 Å². The first-order valence-electron chi connectivity index (χ1n) is 9.39. The Morgan fingerprint density at radius 2 is 1.48 bits per heavy atom. The van der Waals surface area contributed by atoms with Gasteiger partial charge < -0.3 is 14.5 Å². The van der Waals surface area contributed by atoms with Crippen molar-refractivity contribution in [1.82, 2.24) is 0 Å². The zero-order chi connectivity index (χ0) is 17.3. The van der Waals surface area contributed by atoms with E-state index in [1.807, 2.05) is 0 Å². The maximum absolute atomic E-state index is 13.5. The minimum atomic E-state index is -0.273. The molecule has 134 valence electrons. The molecule has 0 amide bonds. The number of unbranched alkanes of at least 4 members (excludes halogenated alkanes) is 1. The van der Waals surface area contributed by atoms with Crippen molar-refractivity contribution in [2.75, 3.05) is 39.3 Å². The lowest BCUT2D eigenvalue weighted by atomic mass is 10.2. The summed E-state index contributed by atoms with van der Waals surface area (Å²) in [5.41, 5.74) is 1.44. The first-order valence-corrected chi connectivity index (χ1v) is 9.39. The Labute approximate surface area is 150 Å². The molecule has 1 saturated heterocycles. The third-order valence-electron chi connectivity index (χ3n) is 4.98. The van der Waals surface area contributed by atoms with Crippen LogP contribution in [0.4, 0.5) is 4.39 Å². The van der Waals surface area contributed by atoms with Gasteiger partial charge in [-0.2, -0.15) is 0 Å². The van der Waals surface area contributed by atoms with Gasteiger partial charge in [-0.15, -0.1) is 0 Å². The molecule has 0 aromatic heterocycles. The number of nitrogens with one attached hydrogen (secondary N) is 2. The van der Waals surface area contributed by atoms with Gasteiger partial charge in [0.1, 0.15) is 32.7 Å². The van der Waals surface area contributed by atoms with E-state index in [2.05, 4.69) is 30.3 Å². The van der Waals surface area contributed by atoms with Gasteiger partial charge in [-0.3, -0.25) is 0 Å². The largest absolute Gasteiger partial charge is 0.491 e. The maximum Gasteiger partial charge on any atom is 0.165 e. The van der Waals surface area contributed by atoms with E-state index in [0.29, 0.717) is 12.4 Å². The molecule has 0 aliphatic carbocycles. The zero-order valence-corrected chi connectivity index (χ0v) is 14.8. The second kappa shape index (κ2) is 9.54. The number of piperazine rings is 1. The van der Waals surface area contributed by atoms with Crippen LogP contribution in [0.2, 0.25) is 0 Å². The normalized spacial score (nSPS) is 20.4. The molecule has 25 heavy (non-hydrogen) atoms. The first-order chi connectivity index (χ1) is 12.3. The summed E-state index contributed by atoms with van der Waals surface area (Å²) < 4.78 is 19.0. The van der Waals surface area contributed by atoms with Gasteiger partial charge in [-0.1, -0.05) is 42.5 Å². The van der Waals surface area contributed by atoms with Crippen molar-refractivity contribution in [3.05, 3.63) is 66.0 Å². The van der Waals surface area contributed by atoms with Crippen molar-refractivity contribution < 1.29 is 18.9 Å². The molecule has 1 aliphatic rings. The Bertz CT molecular complexity index is 627. The molecule has 0 bridgehead atoms. The fraction of sp³-hybridized carbons (Fsp3) is 0.429. The number of rotatable bonds is 8. The average molecular weight is 344 g/mol. The smallest absolute Gasteiger partial charge is 0.165 e. The highest BCUT2D eigenvalue weighted by Crippen LogP contribution is 2.15. The van der Waals surface area contributed by atoms with Crippen LogP contribution in [0.15, 0.2) is 54.6 Å². The molecule has 2 N–H and O–H groups in total. The summed E-state index contributed by atoms with van der Waals surface area (Å²) >= 11 is 0. The summed E-state index contributed by atoms with van der Waals surface area (Å²) in [7, 11) is 0. The van der Waals surface area contributed by atoms with Gasteiger partial charge in [-0.25, -0.2) is 4.39 Å². The molecule has 1 heterocycles. The number of para-hydroxylation sites is 1. The maximum atomic E-state index is 13.5. The molecule has 3 rings (SSSR count). The second-order valence-corrected chi connectivity index (χ2v) is 6.90. The molecule has 0 unspecified atom stereocenters. The van der Waals surface area contributed by atoms with Crippen LogP contribution in [-0.4, -0.2) is 39.3 Å². The number of ether oxygens (including phenoxy) is 1. The number of benzene rings is 2. The lowest BCUT2D eigenvalue weighted by Crippen LogP contribution is -3.27. The summed E-state index contributed by atoms with van der Waals surface area (Å²) in [6, 6.07) is 17.4. The van der Waals surface area contributed by atoms with Gasteiger partial charge in [0, 0.05) is 5.56 Å². The van der Waals surface area contributed by atoms with Gasteiger partial charge in [0.25, 0.3) is 0 Å². The van der Waals surface area contributed by atoms with Crippen LogP contribution in [0.1, 0.15) is 18.4 Å². The van der Waals surface area contributed by atoms with Crippen LogP contribution in [0.3, 0.4) is 0 Å². The lowest BCUT2D eigenvalue weighted by molar-refractivity contribution is -1.02. The van der Waals surface area contributed by atoms with Gasteiger partial charge in [0.05, 0.1) is 13.2 Å². The molecule has 1 aliphatic heterocycles. The average Bonchev–Trinajstić information content (AvgIpc) is 2.65. The number of quaternary nitrogens is 2. The van der Waals surface area contributed by atoms with Crippen molar-refractivity contribution in [2.24, 2.45) is 0 Å². The third-order valence-corrected chi connectivity index (χ3v) is 4.98. The third kappa shape index (κ3) is 5.83. The van der Waals surface area contributed by atoms with Gasteiger partial charge in [-0.05, 0) is 25.0 Å². The fourth-order valence-electron chi connectivity index (χ4n) is 3.49. The predicted octanol–water partition coefficient (Wildman–Crippen LogP) is 0.968. The van der Waals surface area contributed by atoms with Crippen LogP contribution in [0, 0.1) is 5.82 Å². The van der Waals surface area contributed by atoms with E-state index >= 15 is 0 Å². The Morgan fingerprint density at radius 3 is 2.24 bits per heavy atom. The SMILES string of the molecule is Fc1ccccc1OCCCC[NH+]1CC[NH+](Cc2ccccc2)CC1. The van der Waals surface area contributed by atoms with E-state index in [0.717, 1.165) is 19.4 Å². The van der Waals surface area contributed by atoms with Crippen molar-refractivity contribution in [3.63, 3.8) is 0 Å². The predicted molar refractivity (Wildman–Crippen MR) is 97.5 cm³/mol. The van der Waals surface area contributed by atoms with Gasteiger partial charge >= 0.3 is 0 Å². The standard InChI is InChI=1S/C21H27FN2O/c22-20-10-4-5-11-21(20)25-17-7-6-12-23-13-15-24(16-14-23)18-19-8-2-1-3-9-19/h1-5,8-11H,6-7,12-18H2/p+2. The summed E-state index contributed by atoms with van der Waals surface area (Å²) in [5, 5.41) is 0. The lowest BCUT2D eigenvalue weighted by Gasteiger charge is -2.29. The highest BCUT2D eigenvalue weighted by atomic mass is 19.1. The molecule has 4 heteroatoms. The summed E-state index contributed by atoms with van der Waals surface area (Å²) in [4.78, 5) is 3.39. The molecule has 3 nitrogen and oxygen atoms in total. The molecule has 0 radical (unpaired) electrons. The van der Waals surface area contributed by atoms with Crippen molar-refractivity contribution in [2.45, 2.75) is 19.4 Å². The van der Waals surface area contributed by atoms with E-state index in [4.69, 9.17) is 4.74 Å². The molecule has 0 spiro atoms. The van der Waals surface area contributed by atoms with E-state index in [1.165, 1.54) is 44.4 Å². The molecule has 0 atom stereocenters. The second-order valence-electron chi connectivity index (χ2n) is 6.90. The summed E-state index contributed by atoms with van der Waals surface area (Å²) in [6.45, 7) is 7.92. The minimum absolute atomic E-state index is 0.273. The van der Waals surface area contributed by atoms with Crippen molar-refractivity contribution in [1.29, 1.82) is 0 Å². The van der Waals surface area contributed by atoms with E-state index < -0.39 is 0 Å². The number of hydrogen-bond donors (Lipinski definition) is 2. The number of halogens is 1.